The van der Waals surface area contributed by atoms with Crippen molar-refractivity contribution < 1.29 is 42.1 Å². The molecule has 4 N–H and O–H groups in total. The Labute approximate surface area is 226 Å². The number of carbonyl (C=O) groups is 2. The topological polar surface area (TPSA) is 133 Å². The molecule has 0 saturated heterocycles. The van der Waals surface area contributed by atoms with Crippen LogP contribution in [-0.4, -0.2) is 41.7 Å². The van der Waals surface area contributed by atoms with Gasteiger partial charge in [0.05, 0.1) is 24.8 Å². The molecule has 0 fully saturated rings. The minimum absolute atomic E-state index is 0.0628. The van der Waals surface area contributed by atoms with E-state index in [-0.39, 0.29) is 18.6 Å². The van der Waals surface area contributed by atoms with E-state index in [1.54, 1.807) is 48.7 Å². The number of aromatic nitrogens is 1. The van der Waals surface area contributed by atoms with Crippen molar-refractivity contribution in [2.45, 2.75) is 18.6 Å². The number of fused-ring (bicyclic) bond motifs is 1. The summed E-state index contributed by atoms with van der Waals surface area (Å²) >= 11 is 0. The molecule has 208 valence electrons. The van der Waals surface area contributed by atoms with Gasteiger partial charge in [0.15, 0.2) is 11.5 Å². The van der Waals surface area contributed by atoms with E-state index in [0.717, 1.165) is 24.3 Å². The van der Waals surface area contributed by atoms with Crippen LogP contribution in [0, 0.1) is 0 Å². The van der Waals surface area contributed by atoms with Crippen LogP contribution >= 0.6 is 0 Å². The molecule has 0 radical (unpaired) electrons. The molecule has 1 amide bonds. The molecule has 1 unspecified atom stereocenters. The second-order valence-electron chi connectivity index (χ2n) is 8.57. The molecule has 0 aliphatic rings. The number of amides is 1. The second-order valence-corrected chi connectivity index (χ2v) is 8.57. The highest BCUT2D eigenvalue weighted by molar-refractivity contribution is 6.04. The summed E-state index contributed by atoms with van der Waals surface area (Å²) in [4.78, 5) is 27.7. The van der Waals surface area contributed by atoms with Crippen LogP contribution in [0.1, 0.15) is 22.3 Å². The molecule has 0 aliphatic carbocycles. The zero-order valence-corrected chi connectivity index (χ0v) is 21.1. The van der Waals surface area contributed by atoms with Gasteiger partial charge < -0.3 is 30.4 Å². The number of carbonyl (C=O) groups excluding carboxylic acids is 1. The number of carboxylic acids is 1. The van der Waals surface area contributed by atoms with Gasteiger partial charge in [0, 0.05) is 35.3 Å². The highest BCUT2D eigenvalue weighted by atomic mass is 19.4. The SMILES string of the molecule is COc1cc2c(Oc3ccc(NC(=O)c4ccc(C(F)(F)F)cc4)cc3)ccnc2cc1OCCC(N)C(=O)O. The number of anilines is 1. The summed E-state index contributed by atoms with van der Waals surface area (Å²) in [6, 6.07) is 14.3. The van der Waals surface area contributed by atoms with E-state index in [4.69, 9.17) is 25.1 Å². The number of aliphatic carboxylic acids is 1. The van der Waals surface area contributed by atoms with Gasteiger partial charge in [0.1, 0.15) is 17.5 Å². The number of pyridine rings is 1. The summed E-state index contributed by atoms with van der Waals surface area (Å²) in [5, 5.41) is 12.2. The summed E-state index contributed by atoms with van der Waals surface area (Å²) in [6.45, 7) is 0.0628. The number of ether oxygens (including phenoxy) is 3. The number of methoxy groups -OCH3 is 1. The molecule has 0 saturated carbocycles. The summed E-state index contributed by atoms with van der Waals surface area (Å²) in [7, 11) is 1.46. The maximum Gasteiger partial charge on any atom is 0.416 e. The van der Waals surface area contributed by atoms with E-state index in [9.17, 15) is 22.8 Å². The van der Waals surface area contributed by atoms with Crippen LogP contribution in [0.2, 0.25) is 0 Å². The number of carboxylic acid groups (broad SMARTS) is 1. The Morgan fingerprint density at radius 1 is 1.00 bits per heavy atom. The van der Waals surface area contributed by atoms with Gasteiger partial charge in [-0.2, -0.15) is 13.2 Å². The summed E-state index contributed by atoms with van der Waals surface area (Å²) in [6.07, 6.45) is -2.83. The lowest BCUT2D eigenvalue weighted by atomic mass is 10.1. The van der Waals surface area contributed by atoms with E-state index < -0.39 is 29.7 Å². The second kappa shape index (κ2) is 11.9. The van der Waals surface area contributed by atoms with Gasteiger partial charge in [-0.15, -0.1) is 0 Å². The molecular formula is C28H24F3N3O6. The maximum absolute atomic E-state index is 12.7. The summed E-state index contributed by atoms with van der Waals surface area (Å²) < 4.78 is 55.4. The molecular weight excluding hydrogens is 531 g/mol. The molecule has 40 heavy (non-hydrogen) atoms. The Hall–Kier alpha value is -4.84. The molecule has 1 aromatic heterocycles. The number of nitrogens with zero attached hydrogens (tertiary/aromatic N) is 1. The first-order valence-electron chi connectivity index (χ1n) is 11.9. The monoisotopic (exact) mass is 555 g/mol. The van der Waals surface area contributed by atoms with Crippen LogP contribution in [-0.2, 0) is 11.0 Å². The van der Waals surface area contributed by atoms with Crippen LogP contribution in [0.15, 0.2) is 72.9 Å². The fourth-order valence-corrected chi connectivity index (χ4v) is 3.66. The van der Waals surface area contributed by atoms with Crippen molar-refractivity contribution in [1.82, 2.24) is 4.98 Å². The third-order valence-electron chi connectivity index (χ3n) is 5.80. The molecule has 0 spiro atoms. The van der Waals surface area contributed by atoms with Crippen LogP contribution < -0.4 is 25.3 Å². The standard InChI is InChI=1S/C28H24F3N3O6/c1-38-24-14-20-22(15-25(24)39-13-11-21(32)27(36)37)33-12-10-23(20)40-19-8-6-18(7-9-19)34-26(35)16-2-4-17(5-3-16)28(29,30)31/h2-10,12,14-15,21H,11,13,32H2,1H3,(H,34,35)(H,36,37). The predicted molar refractivity (Wildman–Crippen MR) is 140 cm³/mol. The lowest BCUT2D eigenvalue weighted by molar-refractivity contribution is -0.139. The minimum Gasteiger partial charge on any atom is -0.493 e. The molecule has 0 aliphatic heterocycles. The Balaban J connectivity index is 1.45. The molecule has 3 aromatic carbocycles. The van der Waals surface area contributed by atoms with Gasteiger partial charge in [0.25, 0.3) is 5.91 Å². The van der Waals surface area contributed by atoms with Gasteiger partial charge in [-0.3, -0.25) is 14.6 Å². The van der Waals surface area contributed by atoms with Gasteiger partial charge >= 0.3 is 12.1 Å². The van der Waals surface area contributed by atoms with E-state index >= 15 is 0 Å². The first kappa shape index (κ1) is 28.2. The van der Waals surface area contributed by atoms with Crippen LogP contribution in [0.3, 0.4) is 0 Å². The van der Waals surface area contributed by atoms with Crippen molar-refractivity contribution in [3.05, 3.63) is 84.1 Å². The van der Waals surface area contributed by atoms with Gasteiger partial charge in [0.2, 0.25) is 0 Å². The molecule has 12 heteroatoms. The lowest BCUT2D eigenvalue weighted by Gasteiger charge is -2.15. The maximum atomic E-state index is 12.7. The number of alkyl halides is 3. The average Bonchev–Trinajstić information content (AvgIpc) is 2.93. The Morgan fingerprint density at radius 2 is 1.70 bits per heavy atom. The predicted octanol–water partition coefficient (Wildman–Crippen LogP) is 5.49. The number of hydrogen-bond donors (Lipinski definition) is 3. The van der Waals surface area contributed by atoms with Crippen LogP contribution in [0.25, 0.3) is 10.9 Å². The van der Waals surface area contributed by atoms with E-state index in [2.05, 4.69) is 10.3 Å². The van der Waals surface area contributed by atoms with Gasteiger partial charge in [-0.1, -0.05) is 0 Å². The molecule has 1 heterocycles. The summed E-state index contributed by atoms with van der Waals surface area (Å²) in [5.74, 6) is -0.0168. The van der Waals surface area contributed by atoms with Gasteiger partial charge in [-0.05, 0) is 60.7 Å². The fourth-order valence-electron chi connectivity index (χ4n) is 3.66. The number of nitrogens with two attached hydrogens (primary N) is 1. The normalized spacial score (nSPS) is 12.0. The van der Waals surface area contributed by atoms with E-state index in [1.807, 2.05) is 0 Å². The third-order valence-corrected chi connectivity index (χ3v) is 5.80. The van der Waals surface area contributed by atoms with E-state index in [1.165, 1.54) is 7.11 Å². The zero-order valence-electron chi connectivity index (χ0n) is 21.1. The third kappa shape index (κ3) is 6.77. The first-order valence-corrected chi connectivity index (χ1v) is 11.9. The number of hydrogen-bond acceptors (Lipinski definition) is 7. The number of benzene rings is 3. The van der Waals surface area contributed by atoms with Crippen molar-refractivity contribution >= 4 is 28.5 Å². The highest BCUT2D eigenvalue weighted by Gasteiger charge is 2.30. The number of halogens is 3. The van der Waals surface area contributed by atoms with Crippen molar-refractivity contribution in [1.29, 1.82) is 0 Å². The van der Waals surface area contributed by atoms with E-state index in [0.29, 0.717) is 39.6 Å². The Bertz CT molecular complexity index is 1510. The Morgan fingerprint density at radius 3 is 2.33 bits per heavy atom. The van der Waals surface area contributed by atoms with Crippen molar-refractivity contribution in [3.63, 3.8) is 0 Å². The summed E-state index contributed by atoms with van der Waals surface area (Å²) in [5.41, 5.74) is 5.72. The van der Waals surface area contributed by atoms with Crippen LogP contribution in [0.4, 0.5) is 18.9 Å². The van der Waals surface area contributed by atoms with Crippen molar-refractivity contribution in [3.8, 4) is 23.0 Å². The van der Waals surface area contributed by atoms with Crippen molar-refractivity contribution in [2.75, 3.05) is 19.0 Å². The highest BCUT2D eigenvalue weighted by Crippen LogP contribution is 2.37. The smallest absolute Gasteiger partial charge is 0.416 e. The molecule has 4 aromatic rings. The van der Waals surface area contributed by atoms with Crippen LogP contribution in [0.5, 0.6) is 23.0 Å². The zero-order chi connectivity index (χ0) is 28.9. The number of nitrogens with one attached hydrogen (secondary N) is 1. The fraction of sp³-hybridized carbons (Fsp3) is 0.179. The largest absolute Gasteiger partial charge is 0.493 e. The minimum atomic E-state index is -4.48. The quantitative estimate of drug-likeness (QED) is 0.234. The molecule has 0 bridgehead atoms. The average molecular weight is 556 g/mol. The first-order chi connectivity index (χ1) is 19.0. The number of rotatable bonds is 10. The Kier molecular flexibility index (Phi) is 8.39. The van der Waals surface area contributed by atoms with Gasteiger partial charge in [-0.25, -0.2) is 0 Å². The molecule has 1 atom stereocenters. The van der Waals surface area contributed by atoms with Crippen molar-refractivity contribution in [2.24, 2.45) is 5.73 Å². The molecule has 4 rings (SSSR count). The molecule has 9 nitrogen and oxygen atoms in total. The lowest BCUT2D eigenvalue weighted by Crippen LogP contribution is -2.31.